The van der Waals surface area contributed by atoms with Crippen LogP contribution in [0.15, 0.2) is 30.4 Å². The van der Waals surface area contributed by atoms with Crippen molar-refractivity contribution < 1.29 is 0 Å². The van der Waals surface area contributed by atoms with E-state index in [2.05, 4.69) is 23.5 Å². The van der Waals surface area contributed by atoms with Crippen LogP contribution in [0.2, 0.25) is 5.02 Å². The van der Waals surface area contributed by atoms with E-state index in [0.717, 1.165) is 18.5 Å². The van der Waals surface area contributed by atoms with E-state index in [4.69, 9.17) is 16.9 Å². The second kappa shape index (κ2) is 6.47. The second-order valence-corrected chi connectivity index (χ2v) is 5.06. The largest absolute Gasteiger partial charge is 0.378 e. The normalized spacial score (nSPS) is 21.4. The quantitative estimate of drug-likeness (QED) is 0.794. The molecule has 1 aromatic rings. The molecule has 0 saturated heterocycles. The molecule has 0 bridgehead atoms. The zero-order valence-electron chi connectivity index (χ0n) is 10.3. The highest BCUT2D eigenvalue weighted by atomic mass is 35.5. The van der Waals surface area contributed by atoms with Crippen LogP contribution in [0, 0.1) is 11.3 Å². The molecule has 0 radical (unpaired) electrons. The summed E-state index contributed by atoms with van der Waals surface area (Å²) in [4.78, 5) is 0. The molecule has 1 aliphatic rings. The fourth-order valence-electron chi connectivity index (χ4n) is 2.21. The van der Waals surface area contributed by atoms with Crippen LogP contribution < -0.4 is 5.32 Å². The minimum absolute atomic E-state index is 0.302. The van der Waals surface area contributed by atoms with Gasteiger partial charge in [-0.25, -0.2) is 0 Å². The number of anilines is 1. The van der Waals surface area contributed by atoms with Crippen molar-refractivity contribution in [3.05, 3.63) is 40.9 Å². The first kappa shape index (κ1) is 13.0. The van der Waals surface area contributed by atoms with Crippen LogP contribution in [0.25, 0.3) is 0 Å². The number of halogens is 1. The highest BCUT2D eigenvalue weighted by Crippen LogP contribution is 2.23. The smallest absolute Gasteiger partial charge is 0.101 e. The van der Waals surface area contributed by atoms with Gasteiger partial charge in [0, 0.05) is 11.1 Å². The third-order valence-corrected chi connectivity index (χ3v) is 3.43. The molecule has 0 spiro atoms. The molecular weight excluding hydrogens is 244 g/mol. The third-order valence-electron chi connectivity index (χ3n) is 3.20. The van der Waals surface area contributed by atoms with Gasteiger partial charge in [0.1, 0.15) is 6.07 Å². The van der Waals surface area contributed by atoms with Crippen LogP contribution >= 0.6 is 11.6 Å². The predicted octanol–water partition coefficient (Wildman–Crippen LogP) is 4.51. The van der Waals surface area contributed by atoms with Crippen molar-refractivity contribution in [3.63, 3.8) is 0 Å². The first-order valence-corrected chi connectivity index (χ1v) is 6.80. The maximum Gasteiger partial charge on any atom is 0.101 e. The van der Waals surface area contributed by atoms with Crippen molar-refractivity contribution in [2.45, 2.75) is 38.1 Å². The van der Waals surface area contributed by atoms with E-state index in [1.807, 2.05) is 6.07 Å². The number of nitrogens with zero attached hydrogens (tertiary/aromatic N) is 1. The fraction of sp³-hybridized carbons (Fsp3) is 0.400. The van der Waals surface area contributed by atoms with Crippen molar-refractivity contribution in [3.8, 4) is 6.07 Å². The molecule has 2 nitrogen and oxygen atoms in total. The molecule has 1 N–H and O–H groups in total. The SMILES string of the molecule is N#Cc1ccc(Cl)cc1NC1/C=C/CCCCC1. The van der Waals surface area contributed by atoms with E-state index >= 15 is 0 Å². The molecule has 2 rings (SSSR count). The van der Waals surface area contributed by atoms with Crippen molar-refractivity contribution in [1.29, 1.82) is 5.26 Å². The van der Waals surface area contributed by atoms with Gasteiger partial charge in [0.2, 0.25) is 0 Å². The number of benzene rings is 1. The molecule has 1 aromatic carbocycles. The molecular formula is C15H17ClN2. The monoisotopic (exact) mass is 260 g/mol. The van der Waals surface area contributed by atoms with Crippen LogP contribution in [-0.4, -0.2) is 6.04 Å². The van der Waals surface area contributed by atoms with Crippen molar-refractivity contribution >= 4 is 17.3 Å². The van der Waals surface area contributed by atoms with Gasteiger partial charge in [0.05, 0.1) is 11.3 Å². The highest BCUT2D eigenvalue weighted by Gasteiger charge is 2.10. The fourth-order valence-corrected chi connectivity index (χ4v) is 2.39. The van der Waals surface area contributed by atoms with Gasteiger partial charge >= 0.3 is 0 Å². The van der Waals surface area contributed by atoms with Gasteiger partial charge in [-0.1, -0.05) is 36.6 Å². The molecule has 1 atom stereocenters. The predicted molar refractivity (Wildman–Crippen MR) is 75.8 cm³/mol. The molecule has 0 aromatic heterocycles. The van der Waals surface area contributed by atoms with Gasteiger partial charge < -0.3 is 5.32 Å². The third kappa shape index (κ3) is 3.51. The molecule has 18 heavy (non-hydrogen) atoms. The zero-order valence-corrected chi connectivity index (χ0v) is 11.1. The van der Waals surface area contributed by atoms with Crippen molar-refractivity contribution in [2.24, 2.45) is 0 Å². The molecule has 0 heterocycles. The lowest BCUT2D eigenvalue weighted by Crippen LogP contribution is -2.18. The van der Waals surface area contributed by atoms with E-state index in [0.29, 0.717) is 16.6 Å². The Bertz CT molecular complexity index is 474. The van der Waals surface area contributed by atoms with Crippen molar-refractivity contribution in [2.75, 3.05) is 5.32 Å². The van der Waals surface area contributed by atoms with Gasteiger partial charge in [0.25, 0.3) is 0 Å². The molecule has 0 saturated carbocycles. The Labute approximate surface area is 113 Å². The van der Waals surface area contributed by atoms with Crippen LogP contribution in [0.4, 0.5) is 5.69 Å². The molecule has 1 unspecified atom stereocenters. The first-order chi connectivity index (χ1) is 8.79. The minimum Gasteiger partial charge on any atom is -0.378 e. The average molecular weight is 261 g/mol. The minimum atomic E-state index is 0.302. The lowest BCUT2D eigenvalue weighted by Gasteiger charge is -2.19. The topological polar surface area (TPSA) is 35.8 Å². The van der Waals surface area contributed by atoms with Crippen LogP contribution in [0.1, 0.15) is 37.7 Å². The Morgan fingerprint density at radius 1 is 1.28 bits per heavy atom. The maximum absolute atomic E-state index is 9.09. The Hall–Kier alpha value is -1.46. The molecule has 0 amide bonds. The summed E-state index contributed by atoms with van der Waals surface area (Å²) in [5.74, 6) is 0. The first-order valence-electron chi connectivity index (χ1n) is 6.42. The summed E-state index contributed by atoms with van der Waals surface area (Å²) in [6.07, 6.45) is 10.5. The van der Waals surface area contributed by atoms with Gasteiger partial charge in [-0.15, -0.1) is 0 Å². The number of rotatable bonds is 2. The van der Waals surface area contributed by atoms with E-state index < -0.39 is 0 Å². The van der Waals surface area contributed by atoms with Gasteiger partial charge in [-0.3, -0.25) is 0 Å². The van der Waals surface area contributed by atoms with E-state index in [1.54, 1.807) is 12.1 Å². The van der Waals surface area contributed by atoms with Gasteiger partial charge in [-0.05, 0) is 37.5 Å². The number of hydrogen-bond acceptors (Lipinski definition) is 2. The van der Waals surface area contributed by atoms with E-state index in [1.165, 1.54) is 19.3 Å². The molecule has 3 heteroatoms. The number of allylic oxidation sites excluding steroid dienone is 1. The van der Waals surface area contributed by atoms with Crippen LogP contribution in [-0.2, 0) is 0 Å². The number of nitriles is 1. The van der Waals surface area contributed by atoms with Gasteiger partial charge in [-0.2, -0.15) is 5.26 Å². The maximum atomic E-state index is 9.09. The summed E-state index contributed by atoms with van der Waals surface area (Å²) in [5, 5.41) is 13.2. The molecule has 0 aliphatic heterocycles. The van der Waals surface area contributed by atoms with E-state index in [-0.39, 0.29) is 0 Å². The Balaban J connectivity index is 2.14. The highest BCUT2D eigenvalue weighted by molar-refractivity contribution is 6.30. The zero-order chi connectivity index (χ0) is 12.8. The van der Waals surface area contributed by atoms with Crippen molar-refractivity contribution in [1.82, 2.24) is 0 Å². The Kier molecular flexibility index (Phi) is 4.66. The summed E-state index contributed by atoms with van der Waals surface area (Å²) >= 11 is 5.98. The molecule has 94 valence electrons. The summed E-state index contributed by atoms with van der Waals surface area (Å²) in [6.45, 7) is 0. The number of nitrogens with one attached hydrogen (secondary N) is 1. The van der Waals surface area contributed by atoms with Gasteiger partial charge in [0.15, 0.2) is 0 Å². The Morgan fingerprint density at radius 3 is 3.00 bits per heavy atom. The summed E-state index contributed by atoms with van der Waals surface area (Å²) in [7, 11) is 0. The summed E-state index contributed by atoms with van der Waals surface area (Å²) in [6, 6.07) is 7.83. The second-order valence-electron chi connectivity index (χ2n) is 4.62. The average Bonchev–Trinajstić information content (AvgIpc) is 2.33. The lowest BCUT2D eigenvalue weighted by molar-refractivity contribution is 0.610. The molecule has 1 aliphatic carbocycles. The summed E-state index contributed by atoms with van der Waals surface area (Å²) in [5.41, 5.74) is 1.48. The lowest BCUT2D eigenvalue weighted by atomic mass is 10.0. The van der Waals surface area contributed by atoms with Crippen LogP contribution in [0.3, 0.4) is 0 Å². The molecule has 0 fully saturated rings. The number of hydrogen-bond donors (Lipinski definition) is 1. The standard InChI is InChI=1S/C15H17ClN2/c16-13-9-8-12(11-17)15(10-13)18-14-6-4-2-1-3-5-7-14/h4,6,8-10,14,18H,1-3,5,7H2/b6-4+. The van der Waals surface area contributed by atoms with E-state index in [9.17, 15) is 0 Å². The summed E-state index contributed by atoms with van der Waals surface area (Å²) < 4.78 is 0. The van der Waals surface area contributed by atoms with Crippen LogP contribution in [0.5, 0.6) is 0 Å². The Morgan fingerprint density at radius 2 is 2.17 bits per heavy atom.